The van der Waals surface area contributed by atoms with Gasteiger partial charge in [-0.05, 0) is 25.0 Å². The predicted octanol–water partition coefficient (Wildman–Crippen LogP) is 1.81. The first-order valence-electron chi connectivity index (χ1n) is 5.79. The van der Waals surface area contributed by atoms with Crippen molar-refractivity contribution in [3.63, 3.8) is 0 Å². The first kappa shape index (κ1) is 17.4. The predicted molar refractivity (Wildman–Crippen MR) is 68.8 cm³/mol. The van der Waals surface area contributed by atoms with Crippen molar-refractivity contribution in [3.05, 3.63) is 29.8 Å². The van der Waals surface area contributed by atoms with Gasteiger partial charge in [-0.15, -0.1) is 0 Å². The van der Waals surface area contributed by atoms with Crippen LogP contribution in [0.3, 0.4) is 0 Å². The van der Waals surface area contributed by atoms with E-state index >= 15 is 0 Å². The van der Waals surface area contributed by atoms with Crippen LogP contribution in [-0.2, 0) is 9.59 Å². The summed E-state index contributed by atoms with van der Waals surface area (Å²) in [7, 11) is 0. The summed E-state index contributed by atoms with van der Waals surface area (Å²) in [5, 5.41) is 33.6. The number of hydrogen-bond donors (Lipinski definition) is 4. The van der Waals surface area contributed by atoms with Gasteiger partial charge in [0.25, 0.3) is 0 Å². The third kappa shape index (κ3) is 8.51. The van der Waals surface area contributed by atoms with Crippen LogP contribution in [0, 0.1) is 0 Å². The molecular weight excluding hydrogens is 268 g/mol. The summed E-state index contributed by atoms with van der Waals surface area (Å²) < 4.78 is 0. The number of hydrogen-bond acceptors (Lipinski definition) is 4. The summed E-state index contributed by atoms with van der Waals surface area (Å²) in [5.74, 6) is -3.05. The second kappa shape index (κ2) is 9.37. The van der Waals surface area contributed by atoms with E-state index in [9.17, 15) is 14.4 Å². The first-order valence-corrected chi connectivity index (χ1v) is 5.79. The molecular formula is C13H16O7. The van der Waals surface area contributed by atoms with E-state index in [1.54, 1.807) is 12.1 Å². The molecule has 0 heterocycles. The number of carboxylic acid groups (broad SMARTS) is 3. The van der Waals surface area contributed by atoms with Gasteiger partial charge in [-0.1, -0.05) is 12.1 Å². The van der Waals surface area contributed by atoms with Crippen LogP contribution in [0.1, 0.15) is 36.0 Å². The van der Waals surface area contributed by atoms with E-state index in [0.717, 1.165) is 0 Å². The molecule has 1 aromatic rings. The van der Waals surface area contributed by atoms with E-state index in [-0.39, 0.29) is 24.2 Å². The molecule has 0 aromatic heterocycles. The second-order valence-electron chi connectivity index (χ2n) is 3.82. The van der Waals surface area contributed by atoms with Gasteiger partial charge in [-0.3, -0.25) is 9.59 Å². The molecule has 0 atom stereocenters. The smallest absolute Gasteiger partial charge is 0.339 e. The molecule has 7 heteroatoms. The SMILES string of the molecule is O=C(O)CCCCC(=O)O.O=C(O)c1ccccc1O. The minimum Gasteiger partial charge on any atom is -0.507 e. The molecule has 0 amide bonds. The van der Waals surface area contributed by atoms with Crippen LogP contribution < -0.4 is 0 Å². The maximum atomic E-state index is 10.3. The molecule has 0 aliphatic rings. The summed E-state index contributed by atoms with van der Waals surface area (Å²) >= 11 is 0. The zero-order valence-electron chi connectivity index (χ0n) is 10.7. The maximum absolute atomic E-state index is 10.3. The lowest BCUT2D eigenvalue weighted by Crippen LogP contribution is -1.97. The van der Waals surface area contributed by atoms with Gasteiger partial charge < -0.3 is 20.4 Å². The number of carbonyl (C=O) groups is 3. The Morgan fingerprint density at radius 2 is 1.30 bits per heavy atom. The maximum Gasteiger partial charge on any atom is 0.339 e. The monoisotopic (exact) mass is 284 g/mol. The Morgan fingerprint density at radius 1 is 0.850 bits per heavy atom. The highest BCUT2D eigenvalue weighted by Crippen LogP contribution is 2.14. The Kier molecular flexibility index (Phi) is 8.17. The molecule has 0 aliphatic carbocycles. The minimum absolute atomic E-state index is 0.0628. The van der Waals surface area contributed by atoms with Gasteiger partial charge in [-0.25, -0.2) is 4.79 Å². The molecule has 1 rings (SSSR count). The van der Waals surface area contributed by atoms with Crippen LogP contribution in [0.15, 0.2) is 24.3 Å². The number of aromatic hydroxyl groups is 1. The van der Waals surface area contributed by atoms with Gasteiger partial charge in [-0.2, -0.15) is 0 Å². The van der Waals surface area contributed by atoms with Crippen LogP contribution >= 0.6 is 0 Å². The minimum atomic E-state index is -1.11. The van der Waals surface area contributed by atoms with E-state index in [1.165, 1.54) is 12.1 Å². The Hall–Kier alpha value is -2.57. The lowest BCUT2D eigenvalue weighted by molar-refractivity contribution is -0.139. The third-order valence-corrected chi connectivity index (χ3v) is 2.17. The van der Waals surface area contributed by atoms with Gasteiger partial charge in [0.2, 0.25) is 0 Å². The van der Waals surface area contributed by atoms with Crippen molar-refractivity contribution in [2.75, 3.05) is 0 Å². The Bertz CT molecular complexity index is 452. The molecule has 110 valence electrons. The molecule has 0 unspecified atom stereocenters. The molecule has 20 heavy (non-hydrogen) atoms. The van der Waals surface area contributed by atoms with Crippen molar-refractivity contribution in [1.82, 2.24) is 0 Å². The van der Waals surface area contributed by atoms with Gasteiger partial charge in [0.1, 0.15) is 11.3 Å². The molecule has 0 aliphatic heterocycles. The standard InChI is InChI=1S/C7H6O3.C6H10O4/c8-6-4-2-1-3-5(6)7(9)10;7-5(8)3-1-2-4-6(9)10/h1-4,8H,(H,9,10);1-4H2,(H,7,8)(H,9,10). The molecule has 4 N–H and O–H groups in total. The normalized spacial score (nSPS) is 9.20. The molecule has 0 spiro atoms. The number of unbranched alkanes of at least 4 members (excludes halogenated alkanes) is 1. The van der Waals surface area contributed by atoms with Crippen LogP contribution in [0.4, 0.5) is 0 Å². The van der Waals surface area contributed by atoms with Gasteiger partial charge in [0.15, 0.2) is 0 Å². The van der Waals surface area contributed by atoms with Gasteiger partial charge >= 0.3 is 17.9 Å². The number of carboxylic acids is 3. The van der Waals surface area contributed by atoms with Gasteiger partial charge in [0.05, 0.1) is 0 Å². The van der Waals surface area contributed by atoms with E-state index in [1.807, 2.05) is 0 Å². The van der Waals surface area contributed by atoms with E-state index in [4.69, 9.17) is 20.4 Å². The lowest BCUT2D eigenvalue weighted by Gasteiger charge is -1.95. The lowest BCUT2D eigenvalue weighted by atomic mass is 10.2. The molecule has 0 radical (unpaired) electrons. The largest absolute Gasteiger partial charge is 0.507 e. The number of benzene rings is 1. The summed E-state index contributed by atoms with van der Waals surface area (Å²) in [6.07, 6.45) is 1.02. The quantitative estimate of drug-likeness (QED) is 0.585. The third-order valence-electron chi connectivity index (χ3n) is 2.17. The number of para-hydroxylation sites is 1. The molecule has 0 saturated carbocycles. The highest BCUT2D eigenvalue weighted by molar-refractivity contribution is 5.90. The molecule has 0 fully saturated rings. The fourth-order valence-electron chi connectivity index (χ4n) is 1.21. The topological polar surface area (TPSA) is 132 Å². The number of rotatable bonds is 6. The molecule has 7 nitrogen and oxygen atoms in total. The summed E-state index contributed by atoms with van der Waals surface area (Å²) in [5.41, 5.74) is -0.0671. The van der Waals surface area contributed by atoms with Crippen LogP contribution in [-0.4, -0.2) is 38.3 Å². The highest BCUT2D eigenvalue weighted by Gasteiger charge is 2.05. The second-order valence-corrected chi connectivity index (χ2v) is 3.82. The number of phenols is 1. The van der Waals surface area contributed by atoms with Crippen LogP contribution in [0.5, 0.6) is 5.75 Å². The summed E-state index contributed by atoms with van der Waals surface area (Å²) in [4.78, 5) is 30.1. The average Bonchev–Trinajstić information content (AvgIpc) is 2.35. The molecule has 0 bridgehead atoms. The van der Waals surface area contributed by atoms with Crippen molar-refractivity contribution >= 4 is 17.9 Å². The first-order chi connectivity index (χ1) is 9.34. The van der Waals surface area contributed by atoms with E-state index in [2.05, 4.69) is 0 Å². The highest BCUT2D eigenvalue weighted by atomic mass is 16.4. The number of aromatic carboxylic acids is 1. The van der Waals surface area contributed by atoms with Crippen molar-refractivity contribution in [2.45, 2.75) is 25.7 Å². The average molecular weight is 284 g/mol. The zero-order valence-corrected chi connectivity index (χ0v) is 10.7. The Morgan fingerprint density at radius 3 is 1.60 bits per heavy atom. The summed E-state index contributed by atoms with van der Waals surface area (Å²) in [6, 6.07) is 5.81. The van der Waals surface area contributed by atoms with Gasteiger partial charge in [0, 0.05) is 12.8 Å². The van der Waals surface area contributed by atoms with E-state index in [0.29, 0.717) is 12.8 Å². The fraction of sp³-hybridized carbons (Fsp3) is 0.308. The Labute approximate surface area is 115 Å². The van der Waals surface area contributed by atoms with Crippen molar-refractivity contribution < 1.29 is 34.8 Å². The van der Waals surface area contributed by atoms with Crippen molar-refractivity contribution in [1.29, 1.82) is 0 Å². The summed E-state index contributed by atoms with van der Waals surface area (Å²) in [6.45, 7) is 0. The van der Waals surface area contributed by atoms with Crippen molar-refractivity contribution in [2.24, 2.45) is 0 Å². The van der Waals surface area contributed by atoms with Crippen LogP contribution in [0.25, 0.3) is 0 Å². The molecule has 1 aromatic carbocycles. The van der Waals surface area contributed by atoms with Crippen LogP contribution in [0.2, 0.25) is 0 Å². The fourth-order valence-corrected chi connectivity index (χ4v) is 1.21. The van der Waals surface area contributed by atoms with Crippen molar-refractivity contribution in [3.8, 4) is 5.75 Å². The van der Waals surface area contributed by atoms with E-state index < -0.39 is 17.9 Å². The Balaban J connectivity index is 0.000000361. The zero-order chi connectivity index (χ0) is 15.5. The molecule has 0 saturated heterocycles. The number of aliphatic carboxylic acids is 2.